The van der Waals surface area contributed by atoms with Gasteiger partial charge in [0.2, 0.25) is 21.8 Å². The number of benzene rings is 3. The predicted octanol–water partition coefficient (Wildman–Crippen LogP) is 4.72. The number of halogens is 2. The highest BCUT2D eigenvalue weighted by Crippen LogP contribution is 2.25. The molecule has 3 aromatic rings. The summed E-state index contributed by atoms with van der Waals surface area (Å²) in [5.74, 6) is -1.66. The fraction of sp³-hybridized carbons (Fsp3) is 0.310. The van der Waals surface area contributed by atoms with Crippen LogP contribution in [0.15, 0.2) is 72.8 Å². The lowest BCUT2D eigenvalue weighted by molar-refractivity contribution is -0.140. The number of hydrogen-bond acceptors (Lipinski definition) is 4. The molecule has 0 aliphatic rings. The third kappa shape index (κ3) is 8.53. The van der Waals surface area contributed by atoms with Crippen molar-refractivity contribution in [1.29, 1.82) is 0 Å². The smallest absolute Gasteiger partial charge is 0.244 e. The molecule has 0 spiro atoms. The average molecular weight is 574 g/mol. The number of aryl methyl sites for hydroxylation is 1. The maximum absolute atomic E-state index is 14.0. The van der Waals surface area contributed by atoms with Gasteiger partial charge in [0.25, 0.3) is 0 Å². The SMILES string of the molecule is Cc1cccc(CN(C(=O)CN(c2ccc(F)c(Cl)c2)S(C)(=O)=O)[C@@H](Cc2ccccc2)C(=O)NC(C)C)c1. The minimum atomic E-state index is -3.98. The largest absolute Gasteiger partial charge is 0.352 e. The summed E-state index contributed by atoms with van der Waals surface area (Å²) in [5, 5.41) is 2.63. The van der Waals surface area contributed by atoms with Crippen LogP contribution >= 0.6 is 11.6 Å². The third-order valence-corrected chi connectivity index (χ3v) is 7.44. The molecule has 2 amide bonds. The van der Waals surface area contributed by atoms with E-state index >= 15 is 0 Å². The molecule has 0 radical (unpaired) electrons. The van der Waals surface area contributed by atoms with E-state index in [2.05, 4.69) is 5.32 Å². The Bertz CT molecular complexity index is 1420. The molecule has 0 fully saturated rings. The molecule has 0 saturated carbocycles. The molecular formula is C29H33ClFN3O4S. The highest BCUT2D eigenvalue weighted by Gasteiger charge is 2.33. The lowest BCUT2D eigenvalue weighted by Crippen LogP contribution is -2.54. The molecule has 0 aromatic heterocycles. The van der Waals surface area contributed by atoms with Gasteiger partial charge in [-0.1, -0.05) is 71.8 Å². The number of nitrogens with zero attached hydrogens (tertiary/aromatic N) is 2. The Labute approximate surface area is 234 Å². The first-order chi connectivity index (χ1) is 18.3. The predicted molar refractivity (Wildman–Crippen MR) is 153 cm³/mol. The van der Waals surface area contributed by atoms with Crippen LogP contribution in [0.25, 0.3) is 0 Å². The minimum Gasteiger partial charge on any atom is -0.352 e. The average Bonchev–Trinajstić information content (AvgIpc) is 2.86. The zero-order valence-corrected chi connectivity index (χ0v) is 24.0. The number of sulfonamides is 1. The van der Waals surface area contributed by atoms with Gasteiger partial charge in [0.15, 0.2) is 0 Å². The van der Waals surface area contributed by atoms with Crippen LogP contribution in [0.1, 0.15) is 30.5 Å². The van der Waals surface area contributed by atoms with Gasteiger partial charge in [0, 0.05) is 19.0 Å². The molecule has 0 heterocycles. The van der Waals surface area contributed by atoms with Gasteiger partial charge in [-0.25, -0.2) is 12.8 Å². The standard InChI is InChI=1S/C29H33ClFN3O4S/c1-20(2)32-29(36)27(16-22-10-6-5-7-11-22)33(18-23-12-8-9-21(3)15-23)28(35)19-34(39(4,37)38)24-13-14-26(31)25(30)17-24/h5-15,17,20,27H,16,18-19H2,1-4H3,(H,32,36)/t27-/m0/s1. The molecule has 0 bridgehead atoms. The van der Waals surface area contributed by atoms with Crippen molar-refractivity contribution in [3.8, 4) is 0 Å². The number of rotatable bonds is 11. The van der Waals surface area contributed by atoms with Crippen LogP contribution in [0.4, 0.5) is 10.1 Å². The lowest BCUT2D eigenvalue weighted by Gasteiger charge is -2.34. The van der Waals surface area contributed by atoms with E-state index < -0.39 is 34.3 Å². The topological polar surface area (TPSA) is 86.8 Å². The number of hydrogen-bond donors (Lipinski definition) is 1. The number of carbonyl (C=O) groups is 2. The Balaban J connectivity index is 2.07. The normalized spacial score (nSPS) is 12.2. The van der Waals surface area contributed by atoms with Gasteiger partial charge in [0.1, 0.15) is 18.4 Å². The molecular weight excluding hydrogens is 541 g/mol. The van der Waals surface area contributed by atoms with Crippen LogP contribution in [0.5, 0.6) is 0 Å². The quantitative estimate of drug-likeness (QED) is 0.360. The monoisotopic (exact) mass is 573 g/mol. The second-order valence-electron chi connectivity index (χ2n) is 9.75. The Hall–Kier alpha value is -3.43. The van der Waals surface area contributed by atoms with Crippen molar-refractivity contribution in [2.75, 3.05) is 17.1 Å². The number of amides is 2. The molecule has 7 nitrogen and oxygen atoms in total. The molecule has 0 saturated heterocycles. The fourth-order valence-corrected chi connectivity index (χ4v) is 5.21. The highest BCUT2D eigenvalue weighted by atomic mass is 35.5. The van der Waals surface area contributed by atoms with Crippen LogP contribution < -0.4 is 9.62 Å². The summed E-state index contributed by atoms with van der Waals surface area (Å²) in [5.41, 5.74) is 2.65. The van der Waals surface area contributed by atoms with Crippen molar-refractivity contribution in [3.05, 3.63) is 100 Å². The first kappa shape index (κ1) is 30.1. The van der Waals surface area contributed by atoms with Crippen molar-refractivity contribution in [1.82, 2.24) is 10.2 Å². The summed E-state index contributed by atoms with van der Waals surface area (Å²) < 4.78 is 40.2. The molecule has 3 aromatic carbocycles. The molecule has 39 heavy (non-hydrogen) atoms. The summed E-state index contributed by atoms with van der Waals surface area (Å²) in [6.07, 6.45) is 1.17. The van der Waals surface area contributed by atoms with E-state index in [4.69, 9.17) is 11.6 Å². The molecule has 0 aliphatic carbocycles. The Morgan fingerprint density at radius 2 is 1.64 bits per heavy atom. The molecule has 0 aliphatic heterocycles. The van der Waals surface area contributed by atoms with Crippen LogP contribution in [-0.4, -0.2) is 50.0 Å². The van der Waals surface area contributed by atoms with Gasteiger partial charge < -0.3 is 10.2 Å². The summed E-state index contributed by atoms with van der Waals surface area (Å²) in [7, 11) is -3.98. The highest BCUT2D eigenvalue weighted by molar-refractivity contribution is 7.92. The first-order valence-corrected chi connectivity index (χ1v) is 14.7. The first-order valence-electron chi connectivity index (χ1n) is 12.5. The summed E-state index contributed by atoms with van der Waals surface area (Å²) in [6.45, 7) is 5.05. The Morgan fingerprint density at radius 3 is 2.23 bits per heavy atom. The molecule has 1 atom stereocenters. The van der Waals surface area contributed by atoms with Gasteiger partial charge in [0.05, 0.1) is 17.0 Å². The molecule has 1 N–H and O–H groups in total. The van der Waals surface area contributed by atoms with E-state index in [0.29, 0.717) is 0 Å². The summed E-state index contributed by atoms with van der Waals surface area (Å²) in [4.78, 5) is 28.9. The second kappa shape index (κ2) is 13.1. The van der Waals surface area contributed by atoms with Crippen molar-refractivity contribution >= 4 is 39.1 Å². The molecule has 0 unspecified atom stereocenters. The van der Waals surface area contributed by atoms with Gasteiger partial charge in [-0.3, -0.25) is 13.9 Å². The van der Waals surface area contributed by atoms with Crippen molar-refractivity contribution < 1.29 is 22.4 Å². The zero-order valence-electron chi connectivity index (χ0n) is 22.4. The van der Waals surface area contributed by atoms with E-state index in [9.17, 15) is 22.4 Å². The van der Waals surface area contributed by atoms with E-state index in [-0.39, 0.29) is 35.6 Å². The van der Waals surface area contributed by atoms with E-state index in [1.165, 1.54) is 11.0 Å². The van der Waals surface area contributed by atoms with Gasteiger partial charge in [-0.05, 0) is 50.1 Å². The van der Waals surface area contributed by atoms with Crippen molar-refractivity contribution in [3.63, 3.8) is 0 Å². The Kier molecular flexibility index (Phi) is 10.1. The van der Waals surface area contributed by atoms with Crippen LogP contribution in [0, 0.1) is 12.7 Å². The molecule has 208 valence electrons. The van der Waals surface area contributed by atoms with Crippen molar-refractivity contribution in [2.45, 2.75) is 45.8 Å². The van der Waals surface area contributed by atoms with Crippen LogP contribution in [0.2, 0.25) is 5.02 Å². The number of anilines is 1. The van der Waals surface area contributed by atoms with Crippen LogP contribution in [-0.2, 0) is 32.6 Å². The number of carbonyl (C=O) groups excluding carboxylic acids is 2. The molecule has 3 rings (SSSR count). The van der Waals surface area contributed by atoms with Crippen LogP contribution in [0.3, 0.4) is 0 Å². The van der Waals surface area contributed by atoms with Gasteiger partial charge >= 0.3 is 0 Å². The third-order valence-electron chi connectivity index (χ3n) is 6.01. The lowest BCUT2D eigenvalue weighted by atomic mass is 10.0. The Morgan fingerprint density at radius 1 is 0.974 bits per heavy atom. The maximum Gasteiger partial charge on any atom is 0.244 e. The number of nitrogens with one attached hydrogen (secondary N) is 1. The van der Waals surface area contributed by atoms with Crippen molar-refractivity contribution in [2.24, 2.45) is 0 Å². The fourth-order valence-electron chi connectivity index (χ4n) is 4.20. The van der Waals surface area contributed by atoms with E-state index in [1.807, 2.05) is 75.4 Å². The van der Waals surface area contributed by atoms with E-state index in [0.717, 1.165) is 39.4 Å². The zero-order chi connectivity index (χ0) is 28.7. The van der Waals surface area contributed by atoms with Gasteiger partial charge in [-0.15, -0.1) is 0 Å². The second-order valence-corrected chi connectivity index (χ2v) is 12.1. The summed E-state index contributed by atoms with van der Waals surface area (Å²) >= 11 is 5.92. The minimum absolute atomic E-state index is 0.0407. The maximum atomic E-state index is 14.0. The van der Waals surface area contributed by atoms with E-state index in [1.54, 1.807) is 0 Å². The summed E-state index contributed by atoms with van der Waals surface area (Å²) in [6, 6.07) is 19.2. The molecule has 10 heteroatoms. The van der Waals surface area contributed by atoms with Gasteiger partial charge in [-0.2, -0.15) is 0 Å².